The van der Waals surface area contributed by atoms with Gasteiger partial charge in [-0.15, -0.1) is 0 Å². The Balaban J connectivity index is 1.78. The molecule has 2 heterocycles. The largest absolute Gasteiger partial charge is 0.494 e. The molecular formula is C23H19NO4. The summed E-state index contributed by atoms with van der Waals surface area (Å²) in [5.74, 6) is 2.09. The molecule has 0 spiro atoms. The monoisotopic (exact) mass is 373 g/mol. The SMILES string of the molecule is CCOc1ccc(C(=O)C(=Cc2ccc(C)o2)c2nc3ccccc3o2)cc1. The molecule has 0 saturated heterocycles. The molecular weight excluding hydrogens is 354 g/mol. The minimum atomic E-state index is -0.205. The van der Waals surface area contributed by atoms with Crippen LogP contribution in [0.4, 0.5) is 0 Å². The lowest BCUT2D eigenvalue weighted by molar-refractivity contribution is 0.105. The summed E-state index contributed by atoms with van der Waals surface area (Å²) >= 11 is 0. The van der Waals surface area contributed by atoms with Crippen LogP contribution in [0.25, 0.3) is 22.7 Å². The van der Waals surface area contributed by atoms with Crippen LogP contribution in [-0.2, 0) is 0 Å². The number of aryl methyl sites for hydroxylation is 1. The Labute approximate surface area is 162 Å². The molecule has 140 valence electrons. The number of carbonyl (C=O) groups is 1. The van der Waals surface area contributed by atoms with E-state index in [0.717, 1.165) is 5.76 Å². The number of aromatic nitrogens is 1. The standard InChI is InChI=1S/C23H19NO4/c1-3-26-17-12-9-16(10-13-17)22(25)19(14-18-11-8-15(2)27-18)23-24-20-6-4-5-7-21(20)28-23/h4-14H,3H2,1-2H3. The van der Waals surface area contributed by atoms with Crippen LogP contribution < -0.4 is 4.74 Å². The van der Waals surface area contributed by atoms with Crippen LogP contribution in [0.2, 0.25) is 0 Å². The maximum atomic E-state index is 13.3. The molecule has 28 heavy (non-hydrogen) atoms. The summed E-state index contributed by atoms with van der Waals surface area (Å²) in [6.07, 6.45) is 1.66. The maximum Gasteiger partial charge on any atom is 0.231 e. The van der Waals surface area contributed by atoms with Crippen LogP contribution in [0.5, 0.6) is 5.75 Å². The lowest BCUT2D eigenvalue weighted by Gasteiger charge is -2.06. The number of fused-ring (bicyclic) bond motifs is 1. The molecule has 0 bridgehead atoms. The fourth-order valence-corrected chi connectivity index (χ4v) is 2.91. The van der Waals surface area contributed by atoms with Gasteiger partial charge in [0.1, 0.15) is 22.8 Å². The fourth-order valence-electron chi connectivity index (χ4n) is 2.91. The number of hydrogen-bond donors (Lipinski definition) is 0. The third kappa shape index (κ3) is 3.60. The average molecular weight is 373 g/mol. The van der Waals surface area contributed by atoms with Crippen molar-refractivity contribution in [2.45, 2.75) is 13.8 Å². The van der Waals surface area contributed by atoms with Crippen LogP contribution in [-0.4, -0.2) is 17.4 Å². The summed E-state index contributed by atoms with van der Waals surface area (Å²) in [5, 5.41) is 0. The maximum absolute atomic E-state index is 13.3. The molecule has 4 aromatic rings. The molecule has 0 amide bonds. The van der Waals surface area contributed by atoms with Crippen molar-refractivity contribution in [3.63, 3.8) is 0 Å². The molecule has 0 fully saturated rings. The number of benzene rings is 2. The predicted molar refractivity (Wildman–Crippen MR) is 107 cm³/mol. The number of hydrogen-bond acceptors (Lipinski definition) is 5. The van der Waals surface area contributed by atoms with Gasteiger partial charge in [0.15, 0.2) is 11.4 Å². The van der Waals surface area contributed by atoms with E-state index in [1.165, 1.54) is 0 Å². The van der Waals surface area contributed by atoms with Crippen LogP contribution in [0.3, 0.4) is 0 Å². The normalized spacial score (nSPS) is 11.7. The highest BCUT2D eigenvalue weighted by Crippen LogP contribution is 2.27. The first-order chi connectivity index (χ1) is 13.6. The Morgan fingerprint density at radius 2 is 1.82 bits per heavy atom. The summed E-state index contributed by atoms with van der Waals surface area (Å²) in [4.78, 5) is 17.7. The number of allylic oxidation sites excluding steroid dienone is 1. The van der Waals surface area contributed by atoms with E-state index in [4.69, 9.17) is 13.6 Å². The molecule has 2 aromatic carbocycles. The van der Waals surface area contributed by atoms with Gasteiger partial charge in [0, 0.05) is 5.56 Å². The van der Waals surface area contributed by atoms with Crippen LogP contribution in [0.1, 0.15) is 34.7 Å². The Morgan fingerprint density at radius 1 is 1.04 bits per heavy atom. The zero-order chi connectivity index (χ0) is 19.5. The molecule has 0 aliphatic rings. The zero-order valence-electron chi connectivity index (χ0n) is 15.6. The highest BCUT2D eigenvalue weighted by Gasteiger charge is 2.21. The van der Waals surface area contributed by atoms with E-state index < -0.39 is 0 Å². The van der Waals surface area contributed by atoms with Crippen molar-refractivity contribution in [1.29, 1.82) is 0 Å². The molecule has 0 saturated carbocycles. The van der Waals surface area contributed by atoms with Gasteiger partial charge in [-0.2, -0.15) is 0 Å². The Kier molecular flexibility index (Phi) is 4.81. The predicted octanol–water partition coefficient (Wildman–Crippen LogP) is 5.55. The van der Waals surface area contributed by atoms with Gasteiger partial charge in [0.25, 0.3) is 0 Å². The number of furan rings is 1. The zero-order valence-corrected chi connectivity index (χ0v) is 15.6. The van der Waals surface area contributed by atoms with Crippen molar-refractivity contribution < 1.29 is 18.4 Å². The first-order valence-corrected chi connectivity index (χ1v) is 9.05. The van der Waals surface area contributed by atoms with Crippen molar-refractivity contribution >= 4 is 28.5 Å². The second-order valence-electron chi connectivity index (χ2n) is 6.28. The van der Waals surface area contributed by atoms with Crippen molar-refractivity contribution in [1.82, 2.24) is 4.98 Å². The van der Waals surface area contributed by atoms with E-state index in [-0.39, 0.29) is 11.7 Å². The summed E-state index contributed by atoms with van der Waals surface area (Å²) < 4.78 is 16.9. The lowest BCUT2D eigenvalue weighted by Crippen LogP contribution is -2.03. The summed E-state index contributed by atoms with van der Waals surface area (Å²) in [5.41, 5.74) is 2.16. The fraction of sp³-hybridized carbons (Fsp3) is 0.130. The van der Waals surface area contributed by atoms with Crippen LogP contribution >= 0.6 is 0 Å². The van der Waals surface area contributed by atoms with Gasteiger partial charge < -0.3 is 13.6 Å². The number of ketones is 1. The quantitative estimate of drug-likeness (QED) is 0.327. The van der Waals surface area contributed by atoms with Gasteiger partial charge in [-0.05, 0) is 68.5 Å². The number of rotatable bonds is 6. The summed E-state index contributed by atoms with van der Waals surface area (Å²) in [7, 11) is 0. The third-order valence-corrected chi connectivity index (χ3v) is 4.24. The van der Waals surface area contributed by atoms with Gasteiger partial charge in [0.05, 0.1) is 12.2 Å². The molecule has 0 unspecified atom stereocenters. The summed E-state index contributed by atoms with van der Waals surface area (Å²) in [6.45, 7) is 4.34. The molecule has 5 nitrogen and oxygen atoms in total. The minimum absolute atomic E-state index is 0.205. The average Bonchev–Trinajstić information content (AvgIpc) is 3.32. The first kappa shape index (κ1) is 17.8. The molecule has 0 radical (unpaired) electrons. The smallest absolute Gasteiger partial charge is 0.231 e. The van der Waals surface area contributed by atoms with Gasteiger partial charge in [-0.1, -0.05) is 12.1 Å². The van der Waals surface area contributed by atoms with Crippen molar-refractivity contribution in [3.05, 3.63) is 83.6 Å². The third-order valence-electron chi connectivity index (χ3n) is 4.24. The second kappa shape index (κ2) is 7.56. The van der Waals surface area contributed by atoms with Crippen molar-refractivity contribution in [2.24, 2.45) is 0 Å². The van der Waals surface area contributed by atoms with E-state index in [2.05, 4.69) is 4.98 Å². The van der Waals surface area contributed by atoms with E-state index in [9.17, 15) is 4.79 Å². The Bertz CT molecular complexity index is 1120. The molecule has 4 rings (SSSR count). The van der Waals surface area contributed by atoms with Gasteiger partial charge >= 0.3 is 0 Å². The highest BCUT2D eigenvalue weighted by molar-refractivity contribution is 6.31. The topological polar surface area (TPSA) is 65.5 Å². The van der Waals surface area contributed by atoms with E-state index in [1.54, 1.807) is 30.3 Å². The lowest BCUT2D eigenvalue weighted by atomic mass is 10.0. The van der Waals surface area contributed by atoms with Crippen LogP contribution in [0.15, 0.2) is 69.5 Å². The molecule has 0 aliphatic carbocycles. The molecule has 2 aromatic heterocycles. The van der Waals surface area contributed by atoms with E-state index in [0.29, 0.717) is 40.4 Å². The minimum Gasteiger partial charge on any atom is -0.494 e. The highest BCUT2D eigenvalue weighted by atomic mass is 16.5. The number of para-hydroxylation sites is 2. The number of carbonyl (C=O) groups excluding carboxylic acids is 1. The van der Waals surface area contributed by atoms with E-state index >= 15 is 0 Å². The molecule has 0 atom stereocenters. The van der Waals surface area contributed by atoms with Crippen molar-refractivity contribution in [2.75, 3.05) is 6.61 Å². The Hall–Kier alpha value is -3.60. The number of nitrogens with zero attached hydrogens (tertiary/aromatic N) is 1. The number of Topliss-reactive ketones (excluding diaryl/α,β-unsaturated/α-hetero) is 1. The van der Waals surface area contributed by atoms with Crippen molar-refractivity contribution in [3.8, 4) is 5.75 Å². The number of oxazole rings is 1. The molecule has 0 aliphatic heterocycles. The molecule has 5 heteroatoms. The summed E-state index contributed by atoms with van der Waals surface area (Å²) in [6, 6.07) is 18.1. The Morgan fingerprint density at radius 3 is 2.50 bits per heavy atom. The second-order valence-corrected chi connectivity index (χ2v) is 6.28. The molecule has 0 N–H and O–H groups in total. The first-order valence-electron chi connectivity index (χ1n) is 9.05. The van der Waals surface area contributed by atoms with Gasteiger partial charge in [0.2, 0.25) is 5.89 Å². The van der Waals surface area contributed by atoms with Gasteiger partial charge in [-0.25, -0.2) is 4.98 Å². The van der Waals surface area contributed by atoms with Crippen LogP contribution in [0, 0.1) is 6.92 Å². The van der Waals surface area contributed by atoms with E-state index in [1.807, 2.05) is 50.2 Å². The number of ether oxygens (including phenoxy) is 1. The van der Waals surface area contributed by atoms with Gasteiger partial charge in [-0.3, -0.25) is 4.79 Å².